The second-order valence-corrected chi connectivity index (χ2v) is 9.73. The van der Waals surface area contributed by atoms with Gasteiger partial charge in [0.2, 0.25) is 5.82 Å². The fourth-order valence-corrected chi connectivity index (χ4v) is 5.82. The Labute approximate surface area is 205 Å². The largest absolute Gasteiger partial charge is 0.486 e. The van der Waals surface area contributed by atoms with E-state index in [1.165, 1.54) is 12.1 Å². The molecule has 0 amide bonds. The maximum atomic E-state index is 15.2. The molecule has 0 radical (unpaired) electrons. The Morgan fingerprint density at radius 1 is 0.714 bits per heavy atom. The van der Waals surface area contributed by atoms with Crippen LogP contribution >= 0.6 is 0 Å². The topological polar surface area (TPSA) is 18.5 Å². The second-order valence-electron chi connectivity index (χ2n) is 9.73. The van der Waals surface area contributed by atoms with E-state index >= 15 is 8.78 Å². The zero-order valence-electron chi connectivity index (χ0n) is 20.3. The molecular weight excluding hydrogens is 456 g/mol. The van der Waals surface area contributed by atoms with Crippen molar-refractivity contribution in [3.8, 4) is 5.75 Å². The molecule has 0 aromatic heterocycles. The van der Waals surface area contributed by atoms with Crippen LogP contribution < -0.4 is 4.74 Å². The minimum absolute atomic E-state index is 0.0160. The molecule has 0 heterocycles. The summed E-state index contributed by atoms with van der Waals surface area (Å²) in [5.41, 5.74) is 1.18. The number of ether oxygens (including phenoxy) is 2. The third-order valence-corrected chi connectivity index (χ3v) is 7.70. The molecule has 2 nitrogen and oxygen atoms in total. The zero-order chi connectivity index (χ0) is 24.9. The monoisotopic (exact) mass is 490 g/mol. The zero-order valence-corrected chi connectivity index (χ0v) is 20.3. The van der Waals surface area contributed by atoms with Crippen molar-refractivity contribution in [3.05, 3.63) is 76.9 Å². The predicted molar refractivity (Wildman–Crippen MR) is 129 cm³/mol. The first-order valence-electron chi connectivity index (χ1n) is 12.8. The van der Waals surface area contributed by atoms with Crippen LogP contribution in [0.2, 0.25) is 0 Å². The third kappa shape index (κ3) is 5.58. The van der Waals surface area contributed by atoms with E-state index in [1.807, 2.05) is 6.92 Å². The minimum atomic E-state index is -0.995. The fraction of sp³-hybridized carbons (Fsp3) is 0.517. The fourth-order valence-electron chi connectivity index (χ4n) is 5.82. The van der Waals surface area contributed by atoms with Crippen molar-refractivity contribution >= 4 is 0 Å². The summed E-state index contributed by atoms with van der Waals surface area (Å²) in [7, 11) is 0. The molecule has 2 fully saturated rings. The Hall–Kier alpha value is -2.34. The average molecular weight is 491 g/mol. The van der Waals surface area contributed by atoms with Gasteiger partial charge < -0.3 is 9.47 Å². The van der Waals surface area contributed by atoms with E-state index < -0.39 is 23.3 Å². The summed E-state index contributed by atoms with van der Waals surface area (Å²) >= 11 is 0. The van der Waals surface area contributed by atoms with Gasteiger partial charge in [0.1, 0.15) is 6.61 Å². The first-order chi connectivity index (χ1) is 16.9. The highest BCUT2D eigenvalue weighted by atomic mass is 19.2. The van der Waals surface area contributed by atoms with Crippen LogP contribution in [0, 0.1) is 23.3 Å². The van der Waals surface area contributed by atoms with Gasteiger partial charge >= 0.3 is 0 Å². The summed E-state index contributed by atoms with van der Waals surface area (Å²) in [5.74, 6) is -3.78. The highest BCUT2D eigenvalue weighted by molar-refractivity contribution is 5.35. The van der Waals surface area contributed by atoms with Gasteiger partial charge in [-0.3, -0.25) is 0 Å². The molecule has 0 N–H and O–H groups in total. The van der Waals surface area contributed by atoms with Gasteiger partial charge in [-0.05, 0) is 98.8 Å². The van der Waals surface area contributed by atoms with Gasteiger partial charge in [-0.15, -0.1) is 0 Å². The summed E-state index contributed by atoms with van der Waals surface area (Å²) in [4.78, 5) is 0. The number of benzene rings is 2. The summed E-state index contributed by atoms with van der Waals surface area (Å²) in [6.07, 6.45) is 7.35. The van der Waals surface area contributed by atoms with Crippen LogP contribution in [0.4, 0.5) is 17.6 Å². The Morgan fingerprint density at radius 3 is 1.60 bits per heavy atom. The van der Waals surface area contributed by atoms with E-state index in [4.69, 9.17) is 9.47 Å². The predicted octanol–water partition coefficient (Wildman–Crippen LogP) is 8.31. The quantitative estimate of drug-likeness (QED) is 0.274. The van der Waals surface area contributed by atoms with Crippen molar-refractivity contribution < 1.29 is 27.0 Å². The molecular formula is C29H34F4O2. The van der Waals surface area contributed by atoms with Crippen LogP contribution in [0.25, 0.3) is 0 Å². The number of rotatable bonds is 8. The van der Waals surface area contributed by atoms with Crippen LogP contribution in [0.15, 0.2) is 36.9 Å². The molecule has 0 saturated heterocycles. The van der Waals surface area contributed by atoms with Gasteiger partial charge in [0.05, 0.1) is 6.10 Å². The molecule has 6 heteroatoms. The molecule has 0 unspecified atom stereocenters. The lowest BCUT2D eigenvalue weighted by atomic mass is 9.75. The minimum Gasteiger partial charge on any atom is -0.486 e. The van der Waals surface area contributed by atoms with E-state index in [0.29, 0.717) is 49.0 Å². The molecule has 0 bridgehead atoms. The Kier molecular flexibility index (Phi) is 8.53. The van der Waals surface area contributed by atoms with Crippen molar-refractivity contribution in [2.75, 3.05) is 13.2 Å². The van der Waals surface area contributed by atoms with Crippen LogP contribution in [0.1, 0.15) is 92.7 Å². The van der Waals surface area contributed by atoms with Gasteiger partial charge in [0, 0.05) is 6.61 Å². The lowest BCUT2D eigenvalue weighted by Crippen LogP contribution is -2.22. The maximum absolute atomic E-state index is 15.2. The molecule has 0 atom stereocenters. The molecule has 35 heavy (non-hydrogen) atoms. The summed E-state index contributed by atoms with van der Waals surface area (Å²) in [6, 6.07) is 6.50. The lowest BCUT2D eigenvalue weighted by Gasteiger charge is -2.31. The van der Waals surface area contributed by atoms with Crippen molar-refractivity contribution in [1.82, 2.24) is 0 Å². The smallest absolute Gasteiger partial charge is 0.200 e. The van der Waals surface area contributed by atoms with Gasteiger partial charge in [-0.1, -0.05) is 30.9 Å². The van der Waals surface area contributed by atoms with E-state index in [-0.39, 0.29) is 36.2 Å². The normalized spacial score (nSPS) is 24.8. The molecule has 190 valence electrons. The van der Waals surface area contributed by atoms with Crippen molar-refractivity contribution in [3.63, 3.8) is 0 Å². The second kappa shape index (κ2) is 11.6. The van der Waals surface area contributed by atoms with Crippen LogP contribution in [0.5, 0.6) is 5.75 Å². The standard InChI is InChI=1S/C29H34F4O2/c1-3-17-35-25-16-15-24(28(32)29(25)33)19-7-5-18(6-8-19)22-13-14-23(27(31)26(22)30)20-9-11-21(12-10-20)34-4-2/h3,13-16,18-21H,1,4-12,17H2,2H3. The van der Waals surface area contributed by atoms with E-state index in [0.717, 1.165) is 25.7 Å². The van der Waals surface area contributed by atoms with Gasteiger partial charge in [-0.2, -0.15) is 4.39 Å². The van der Waals surface area contributed by atoms with Crippen molar-refractivity contribution in [2.24, 2.45) is 0 Å². The van der Waals surface area contributed by atoms with Crippen LogP contribution in [-0.4, -0.2) is 19.3 Å². The Bertz CT molecular complexity index is 1020. The Morgan fingerprint density at radius 2 is 1.14 bits per heavy atom. The summed E-state index contributed by atoms with van der Waals surface area (Å²) < 4.78 is 70.2. The third-order valence-electron chi connectivity index (χ3n) is 7.70. The van der Waals surface area contributed by atoms with Crippen molar-refractivity contribution in [2.45, 2.75) is 82.1 Å². The van der Waals surface area contributed by atoms with Gasteiger partial charge in [-0.25, -0.2) is 13.2 Å². The van der Waals surface area contributed by atoms with E-state index in [1.54, 1.807) is 18.2 Å². The average Bonchev–Trinajstić information content (AvgIpc) is 2.88. The van der Waals surface area contributed by atoms with Crippen molar-refractivity contribution in [1.29, 1.82) is 0 Å². The first-order valence-corrected chi connectivity index (χ1v) is 12.8. The Balaban J connectivity index is 1.41. The van der Waals surface area contributed by atoms with Gasteiger partial charge in [0.25, 0.3) is 0 Å². The van der Waals surface area contributed by atoms with Crippen LogP contribution in [-0.2, 0) is 4.74 Å². The molecule has 4 rings (SSSR count). The molecule has 2 aromatic carbocycles. The molecule has 0 aliphatic heterocycles. The molecule has 2 aromatic rings. The molecule has 2 aliphatic rings. The highest BCUT2D eigenvalue weighted by Crippen LogP contribution is 2.44. The van der Waals surface area contributed by atoms with E-state index in [9.17, 15) is 8.78 Å². The molecule has 2 aliphatic carbocycles. The number of hydrogen-bond donors (Lipinski definition) is 0. The highest BCUT2D eigenvalue weighted by Gasteiger charge is 2.31. The number of halogens is 4. The molecule has 2 saturated carbocycles. The van der Waals surface area contributed by atoms with E-state index in [2.05, 4.69) is 6.58 Å². The number of hydrogen-bond acceptors (Lipinski definition) is 2. The SMILES string of the molecule is C=CCOc1ccc(C2CCC(c3ccc(C4CCC(OCC)CC4)c(F)c3F)CC2)c(F)c1F. The van der Waals surface area contributed by atoms with Crippen LogP contribution in [0.3, 0.4) is 0 Å². The summed E-state index contributed by atoms with van der Waals surface area (Å²) in [6.45, 7) is 6.24. The maximum Gasteiger partial charge on any atom is 0.200 e. The lowest BCUT2D eigenvalue weighted by molar-refractivity contribution is 0.0325. The summed E-state index contributed by atoms with van der Waals surface area (Å²) in [5, 5.41) is 0. The van der Waals surface area contributed by atoms with Gasteiger partial charge in [0.15, 0.2) is 23.2 Å². The molecule has 0 spiro atoms. The first kappa shape index (κ1) is 25.7.